The topological polar surface area (TPSA) is 58.4 Å². The van der Waals surface area contributed by atoms with E-state index in [1.807, 2.05) is 31.2 Å². The number of carbonyl (C=O) groups excluding carboxylic acids is 1. The number of nitrogens with zero attached hydrogens (tertiary/aromatic N) is 1. The van der Waals surface area contributed by atoms with E-state index in [0.717, 1.165) is 25.2 Å². The van der Waals surface area contributed by atoms with Gasteiger partial charge in [0.2, 0.25) is 5.91 Å². The van der Waals surface area contributed by atoms with Crippen molar-refractivity contribution in [3.63, 3.8) is 0 Å². The molecule has 0 bridgehead atoms. The Morgan fingerprint density at radius 2 is 1.90 bits per heavy atom. The highest BCUT2D eigenvalue weighted by Crippen LogP contribution is 2.15. The van der Waals surface area contributed by atoms with Gasteiger partial charge in [-0.25, -0.2) is 0 Å². The van der Waals surface area contributed by atoms with Crippen molar-refractivity contribution in [2.45, 2.75) is 34.1 Å². The van der Waals surface area contributed by atoms with Gasteiger partial charge in [-0.1, -0.05) is 38.5 Å². The van der Waals surface area contributed by atoms with Crippen LogP contribution in [0.25, 0.3) is 0 Å². The Bertz CT molecular complexity index is 440. The number of hydrogen-bond donors (Lipinski definition) is 2. The van der Waals surface area contributed by atoms with Gasteiger partial charge in [-0.05, 0) is 44.0 Å². The third kappa shape index (κ3) is 6.74. The molecule has 1 aromatic carbocycles. The molecule has 1 amide bonds. The highest BCUT2D eigenvalue weighted by molar-refractivity contribution is 5.92. The normalized spacial score (nSPS) is 11.7. The number of carbonyl (C=O) groups is 1. The van der Waals surface area contributed by atoms with Crippen molar-refractivity contribution in [1.29, 1.82) is 0 Å². The second-order valence-corrected chi connectivity index (χ2v) is 6.49. The molecule has 0 heterocycles. The predicted octanol–water partition coefficient (Wildman–Crippen LogP) is 2.63. The van der Waals surface area contributed by atoms with Crippen LogP contribution in [0.2, 0.25) is 0 Å². The molecule has 1 rings (SSSR count). The molecule has 0 aliphatic rings. The Morgan fingerprint density at radius 3 is 2.43 bits per heavy atom. The van der Waals surface area contributed by atoms with Crippen molar-refractivity contribution in [1.82, 2.24) is 4.90 Å². The molecule has 0 aliphatic heterocycles. The van der Waals surface area contributed by atoms with E-state index in [2.05, 4.69) is 31.0 Å². The second kappa shape index (κ2) is 8.15. The Labute approximate surface area is 128 Å². The summed E-state index contributed by atoms with van der Waals surface area (Å²) in [5.41, 5.74) is 7.85. The number of rotatable bonds is 8. The van der Waals surface area contributed by atoms with Crippen LogP contribution in [-0.4, -0.2) is 37.0 Å². The first-order chi connectivity index (χ1) is 9.86. The molecule has 1 aromatic rings. The lowest BCUT2D eigenvalue weighted by Gasteiger charge is -2.31. The average Bonchev–Trinajstić information content (AvgIpc) is 2.41. The van der Waals surface area contributed by atoms with Crippen molar-refractivity contribution in [3.05, 3.63) is 29.8 Å². The minimum atomic E-state index is 0.0271. The lowest BCUT2D eigenvalue weighted by atomic mass is 9.93. The standard InChI is InChI=1S/C17H29N3O/c1-5-10-20(13-17(3,4)12-18)11-16(21)19-15-8-6-14(2)7-9-15/h6-9H,5,10-13,18H2,1-4H3,(H,19,21). The molecular weight excluding hydrogens is 262 g/mol. The van der Waals surface area contributed by atoms with Crippen LogP contribution in [0.5, 0.6) is 0 Å². The van der Waals surface area contributed by atoms with Crippen LogP contribution in [0.3, 0.4) is 0 Å². The van der Waals surface area contributed by atoms with Gasteiger partial charge in [0.1, 0.15) is 0 Å². The van der Waals surface area contributed by atoms with Gasteiger partial charge in [-0.3, -0.25) is 9.69 Å². The molecule has 4 heteroatoms. The summed E-state index contributed by atoms with van der Waals surface area (Å²) >= 11 is 0. The molecule has 0 fully saturated rings. The van der Waals surface area contributed by atoms with Gasteiger partial charge in [0.25, 0.3) is 0 Å². The maximum atomic E-state index is 12.2. The molecule has 0 aliphatic carbocycles. The Morgan fingerprint density at radius 1 is 1.29 bits per heavy atom. The highest BCUT2D eigenvalue weighted by atomic mass is 16.2. The van der Waals surface area contributed by atoms with Crippen LogP contribution in [0.15, 0.2) is 24.3 Å². The second-order valence-electron chi connectivity index (χ2n) is 6.49. The minimum absolute atomic E-state index is 0.0271. The van der Waals surface area contributed by atoms with E-state index in [1.54, 1.807) is 0 Å². The van der Waals surface area contributed by atoms with Crippen molar-refractivity contribution in [2.24, 2.45) is 11.1 Å². The fraction of sp³-hybridized carbons (Fsp3) is 0.588. The summed E-state index contributed by atoms with van der Waals surface area (Å²) in [6, 6.07) is 7.86. The van der Waals surface area contributed by atoms with Gasteiger partial charge in [-0.2, -0.15) is 0 Å². The number of amides is 1. The summed E-state index contributed by atoms with van der Waals surface area (Å²) in [4.78, 5) is 14.3. The van der Waals surface area contributed by atoms with Crippen molar-refractivity contribution < 1.29 is 4.79 Å². The smallest absolute Gasteiger partial charge is 0.238 e. The summed E-state index contributed by atoms with van der Waals surface area (Å²) in [5, 5.41) is 2.95. The van der Waals surface area contributed by atoms with E-state index in [4.69, 9.17) is 5.73 Å². The van der Waals surface area contributed by atoms with Crippen LogP contribution in [0.4, 0.5) is 5.69 Å². The van der Waals surface area contributed by atoms with E-state index in [-0.39, 0.29) is 11.3 Å². The zero-order valence-electron chi connectivity index (χ0n) is 13.8. The Hall–Kier alpha value is -1.39. The van der Waals surface area contributed by atoms with Crippen LogP contribution in [-0.2, 0) is 4.79 Å². The lowest BCUT2D eigenvalue weighted by molar-refractivity contribution is -0.117. The molecule has 0 spiro atoms. The molecule has 3 N–H and O–H groups in total. The van der Waals surface area contributed by atoms with Gasteiger partial charge < -0.3 is 11.1 Å². The van der Waals surface area contributed by atoms with Crippen molar-refractivity contribution >= 4 is 11.6 Å². The summed E-state index contributed by atoms with van der Waals surface area (Å²) in [6.07, 6.45) is 1.03. The first-order valence-corrected chi connectivity index (χ1v) is 7.65. The minimum Gasteiger partial charge on any atom is -0.330 e. The van der Waals surface area contributed by atoms with Crippen LogP contribution in [0.1, 0.15) is 32.8 Å². The molecule has 118 valence electrons. The first-order valence-electron chi connectivity index (χ1n) is 7.65. The number of nitrogens with one attached hydrogen (secondary N) is 1. The molecule has 0 atom stereocenters. The molecule has 0 unspecified atom stereocenters. The predicted molar refractivity (Wildman–Crippen MR) is 89.4 cm³/mol. The third-order valence-electron chi connectivity index (χ3n) is 3.45. The highest BCUT2D eigenvalue weighted by Gasteiger charge is 2.21. The van der Waals surface area contributed by atoms with Gasteiger partial charge in [0.05, 0.1) is 6.54 Å². The van der Waals surface area contributed by atoms with Crippen LogP contribution in [0, 0.1) is 12.3 Å². The summed E-state index contributed by atoms with van der Waals surface area (Å²) in [5.74, 6) is 0.0279. The van der Waals surface area contributed by atoms with E-state index in [1.165, 1.54) is 5.56 Å². The first kappa shape index (κ1) is 17.7. The molecular formula is C17H29N3O. The molecule has 0 radical (unpaired) electrons. The Balaban J connectivity index is 2.57. The third-order valence-corrected chi connectivity index (χ3v) is 3.45. The van der Waals surface area contributed by atoms with E-state index < -0.39 is 0 Å². The van der Waals surface area contributed by atoms with E-state index in [0.29, 0.717) is 13.1 Å². The molecule has 0 aromatic heterocycles. The monoisotopic (exact) mass is 291 g/mol. The zero-order valence-corrected chi connectivity index (χ0v) is 13.8. The largest absolute Gasteiger partial charge is 0.330 e. The number of anilines is 1. The van der Waals surface area contributed by atoms with Crippen molar-refractivity contribution in [3.8, 4) is 0 Å². The maximum absolute atomic E-state index is 12.2. The molecule has 0 saturated heterocycles. The number of aryl methyl sites for hydroxylation is 1. The summed E-state index contributed by atoms with van der Waals surface area (Å²) in [7, 11) is 0. The van der Waals surface area contributed by atoms with Crippen LogP contribution < -0.4 is 11.1 Å². The van der Waals surface area contributed by atoms with Gasteiger partial charge in [0, 0.05) is 12.2 Å². The Kier molecular flexibility index (Phi) is 6.85. The number of nitrogens with two attached hydrogens (primary N) is 1. The molecule has 0 saturated carbocycles. The summed E-state index contributed by atoms with van der Waals surface area (Å²) in [6.45, 7) is 11.2. The quantitative estimate of drug-likeness (QED) is 0.774. The SMILES string of the molecule is CCCN(CC(=O)Nc1ccc(C)cc1)CC(C)(C)CN. The fourth-order valence-electron chi connectivity index (χ4n) is 2.24. The zero-order chi connectivity index (χ0) is 15.9. The lowest BCUT2D eigenvalue weighted by Crippen LogP contribution is -2.42. The number of benzene rings is 1. The summed E-state index contributed by atoms with van der Waals surface area (Å²) < 4.78 is 0. The number of hydrogen-bond acceptors (Lipinski definition) is 3. The fourth-order valence-corrected chi connectivity index (χ4v) is 2.24. The van der Waals surface area contributed by atoms with E-state index in [9.17, 15) is 4.79 Å². The van der Waals surface area contributed by atoms with E-state index >= 15 is 0 Å². The average molecular weight is 291 g/mol. The van der Waals surface area contributed by atoms with Crippen LogP contribution >= 0.6 is 0 Å². The maximum Gasteiger partial charge on any atom is 0.238 e. The van der Waals surface area contributed by atoms with Gasteiger partial charge >= 0.3 is 0 Å². The van der Waals surface area contributed by atoms with Gasteiger partial charge in [-0.15, -0.1) is 0 Å². The molecule has 4 nitrogen and oxygen atoms in total. The van der Waals surface area contributed by atoms with Crippen molar-refractivity contribution in [2.75, 3.05) is 31.5 Å². The van der Waals surface area contributed by atoms with Gasteiger partial charge in [0.15, 0.2) is 0 Å². The molecule has 21 heavy (non-hydrogen) atoms.